The molecule has 0 aliphatic rings. The van der Waals surface area contributed by atoms with E-state index in [4.69, 9.17) is 9.47 Å². The molecule has 2 aromatic heterocycles. The van der Waals surface area contributed by atoms with Crippen molar-refractivity contribution in [1.82, 2.24) is 15.3 Å². The zero-order chi connectivity index (χ0) is 20.1. The van der Waals surface area contributed by atoms with Crippen LogP contribution in [0.4, 0.5) is 0 Å². The van der Waals surface area contributed by atoms with E-state index >= 15 is 0 Å². The van der Waals surface area contributed by atoms with Crippen molar-refractivity contribution in [3.05, 3.63) is 58.4 Å². The summed E-state index contributed by atoms with van der Waals surface area (Å²) in [5.41, 5.74) is 4.02. The van der Waals surface area contributed by atoms with Gasteiger partial charge in [-0.2, -0.15) is 0 Å². The Morgan fingerprint density at radius 1 is 1.21 bits per heavy atom. The van der Waals surface area contributed by atoms with E-state index in [1.54, 1.807) is 18.7 Å². The number of nitrogens with one attached hydrogen (secondary N) is 1. The van der Waals surface area contributed by atoms with Gasteiger partial charge in [-0.1, -0.05) is 0 Å². The number of aromatic nitrogens is 2. The van der Waals surface area contributed by atoms with Crippen molar-refractivity contribution in [2.75, 3.05) is 13.7 Å². The van der Waals surface area contributed by atoms with Crippen LogP contribution in [0.2, 0.25) is 0 Å². The number of carbonyl (C=O) groups is 1. The minimum atomic E-state index is -0.228. The summed E-state index contributed by atoms with van der Waals surface area (Å²) in [6.07, 6.45) is 1.75. The molecule has 0 atom stereocenters. The SMILES string of the molecule is CCOc1ccc(-c2nc(C(=O)NCc3ncc(C)c(OC)c3C)cs2)cc1. The van der Waals surface area contributed by atoms with Crippen molar-refractivity contribution in [2.45, 2.75) is 27.3 Å². The Morgan fingerprint density at radius 3 is 2.64 bits per heavy atom. The largest absolute Gasteiger partial charge is 0.496 e. The van der Waals surface area contributed by atoms with Crippen LogP contribution in [0, 0.1) is 13.8 Å². The average molecular weight is 398 g/mol. The summed E-state index contributed by atoms with van der Waals surface area (Å²) < 4.78 is 10.9. The molecule has 3 rings (SSSR count). The van der Waals surface area contributed by atoms with Crippen molar-refractivity contribution in [3.8, 4) is 22.1 Å². The number of hydrogen-bond donors (Lipinski definition) is 1. The Hall–Kier alpha value is -2.93. The van der Waals surface area contributed by atoms with Gasteiger partial charge in [0.2, 0.25) is 0 Å². The Balaban J connectivity index is 1.68. The maximum absolute atomic E-state index is 12.5. The molecule has 0 saturated heterocycles. The van der Waals surface area contributed by atoms with Gasteiger partial charge in [0.15, 0.2) is 0 Å². The number of amides is 1. The number of hydrogen-bond acceptors (Lipinski definition) is 6. The van der Waals surface area contributed by atoms with E-state index in [1.807, 2.05) is 45.0 Å². The molecule has 1 aromatic carbocycles. The van der Waals surface area contributed by atoms with E-state index in [2.05, 4.69) is 15.3 Å². The number of ether oxygens (including phenoxy) is 2. The highest BCUT2D eigenvalue weighted by molar-refractivity contribution is 7.13. The molecule has 6 nitrogen and oxygen atoms in total. The fourth-order valence-electron chi connectivity index (χ4n) is 2.87. The first-order chi connectivity index (χ1) is 13.5. The first kappa shape index (κ1) is 19.8. The standard InChI is InChI=1S/C21H23N3O3S/c1-5-27-16-8-6-15(7-9-16)21-24-18(12-28-21)20(25)23-11-17-14(3)19(26-4)13(2)10-22-17/h6-10,12H,5,11H2,1-4H3,(H,23,25). The summed E-state index contributed by atoms with van der Waals surface area (Å²) in [6, 6.07) is 7.69. The summed E-state index contributed by atoms with van der Waals surface area (Å²) in [4.78, 5) is 21.4. The number of rotatable bonds is 7. The third-order valence-corrected chi connectivity index (χ3v) is 5.21. The second-order valence-electron chi connectivity index (χ2n) is 6.22. The molecule has 7 heteroatoms. The fourth-order valence-corrected chi connectivity index (χ4v) is 3.68. The highest BCUT2D eigenvalue weighted by Crippen LogP contribution is 2.26. The Kier molecular flexibility index (Phi) is 6.26. The molecule has 0 spiro atoms. The lowest BCUT2D eigenvalue weighted by molar-refractivity contribution is 0.0946. The monoisotopic (exact) mass is 397 g/mol. The normalized spacial score (nSPS) is 10.6. The Bertz CT molecular complexity index is 968. The van der Waals surface area contributed by atoms with E-state index in [-0.39, 0.29) is 5.91 Å². The van der Waals surface area contributed by atoms with Crippen LogP contribution >= 0.6 is 11.3 Å². The van der Waals surface area contributed by atoms with E-state index in [9.17, 15) is 4.79 Å². The maximum Gasteiger partial charge on any atom is 0.271 e. The predicted molar refractivity (Wildman–Crippen MR) is 110 cm³/mol. The number of pyridine rings is 1. The van der Waals surface area contributed by atoms with Crippen LogP contribution in [-0.4, -0.2) is 29.6 Å². The third-order valence-electron chi connectivity index (χ3n) is 4.32. The summed E-state index contributed by atoms with van der Waals surface area (Å²) in [6.45, 7) is 6.77. The van der Waals surface area contributed by atoms with Crippen molar-refractivity contribution in [2.24, 2.45) is 0 Å². The molecule has 0 fully saturated rings. The van der Waals surface area contributed by atoms with Crippen molar-refractivity contribution >= 4 is 17.2 Å². The molecule has 1 N–H and O–H groups in total. The topological polar surface area (TPSA) is 73.3 Å². The summed E-state index contributed by atoms with van der Waals surface area (Å²) in [5.74, 6) is 1.39. The van der Waals surface area contributed by atoms with Crippen LogP contribution in [0.3, 0.4) is 0 Å². The second-order valence-corrected chi connectivity index (χ2v) is 7.08. The van der Waals surface area contributed by atoms with Gasteiger partial charge < -0.3 is 14.8 Å². The van der Waals surface area contributed by atoms with E-state index < -0.39 is 0 Å². The molecule has 0 radical (unpaired) electrons. The van der Waals surface area contributed by atoms with E-state index in [0.717, 1.165) is 38.9 Å². The number of aryl methyl sites for hydroxylation is 1. The number of methoxy groups -OCH3 is 1. The molecule has 2 heterocycles. The van der Waals surface area contributed by atoms with Crippen LogP contribution in [0.1, 0.15) is 34.2 Å². The molecule has 28 heavy (non-hydrogen) atoms. The van der Waals surface area contributed by atoms with Crippen LogP contribution in [0.15, 0.2) is 35.8 Å². The lowest BCUT2D eigenvalue weighted by atomic mass is 10.1. The van der Waals surface area contributed by atoms with Crippen molar-refractivity contribution in [1.29, 1.82) is 0 Å². The van der Waals surface area contributed by atoms with Gasteiger partial charge in [-0.3, -0.25) is 9.78 Å². The average Bonchev–Trinajstić information content (AvgIpc) is 3.19. The molecule has 0 bridgehead atoms. The van der Waals surface area contributed by atoms with Crippen LogP contribution in [0.25, 0.3) is 10.6 Å². The van der Waals surface area contributed by atoms with E-state index in [1.165, 1.54) is 11.3 Å². The first-order valence-electron chi connectivity index (χ1n) is 8.99. The molecule has 3 aromatic rings. The highest BCUT2D eigenvalue weighted by Gasteiger charge is 2.14. The smallest absolute Gasteiger partial charge is 0.271 e. The van der Waals surface area contributed by atoms with Gasteiger partial charge in [0, 0.05) is 28.3 Å². The minimum Gasteiger partial charge on any atom is -0.496 e. The fraction of sp³-hybridized carbons (Fsp3) is 0.286. The van der Waals surface area contributed by atoms with Gasteiger partial charge in [-0.25, -0.2) is 4.98 Å². The zero-order valence-electron chi connectivity index (χ0n) is 16.4. The number of nitrogens with zero attached hydrogens (tertiary/aromatic N) is 2. The van der Waals surface area contributed by atoms with Gasteiger partial charge in [-0.05, 0) is 45.0 Å². The Labute approximate surface area is 168 Å². The Morgan fingerprint density at radius 2 is 1.96 bits per heavy atom. The maximum atomic E-state index is 12.5. The first-order valence-corrected chi connectivity index (χ1v) is 9.87. The highest BCUT2D eigenvalue weighted by atomic mass is 32.1. The predicted octanol–water partition coefficient (Wildman–Crippen LogP) is 4.16. The van der Waals surface area contributed by atoms with Gasteiger partial charge in [0.05, 0.1) is 26.0 Å². The number of benzene rings is 1. The molecule has 0 aliphatic heterocycles. The van der Waals surface area contributed by atoms with Gasteiger partial charge in [0.25, 0.3) is 5.91 Å². The van der Waals surface area contributed by atoms with Crippen molar-refractivity contribution in [3.63, 3.8) is 0 Å². The summed E-state index contributed by atoms with van der Waals surface area (Å²) in [7, 11) is 1.63. The summed E-state index contributed by atoms with van der Waals surface area (Å²) in [5, 5.41) is 5.44. The molecule has 0 aliphatic carbocycles. The van der Waals surface area contributed by atoms with Crippen LogP contribution in [-0.2, 0) is 6.54 Å². The van der Waals surface area contributed by atoms with E-state index in [0.29, 0.717) is 18.8 Å². The quantitative estimate of drug-likeness (QED) is 0.648. The molecule has 1 amide bonds. The van der Waals surface area contributed by atoms with Gasteiger partial charge in [0.1, 0.15) is 22.2 Å². The van der Waals surface area contributed by atoms with Crippen LogP contribution in [0.5, 0.6) is 11.5 Å². The molecular weight excluding hydrogens is 374 g/mol. The molecule has 146 valence electrons. The zero-order valence-corrected chi connectivity index (χ0v) is 17.2. The van der Waals surface area contributed by atoms with Gasteiger partial charge >= 0.3 is 0 Å². The molecule has 0 unspecified atom stereocenters. The summed E-state index contributed by atoms with van der Waals surface area (Å²) >= 11 is 1.43. The minimum absolute atomic E-state index is 0.228. The number of thiazole rings is 1. The van der Waals surface area contributed by atoms with Gasteiger partial charge in [-0.15, -0.1) is 11.3 Å². The van der Waals surface area contributed by atoms with Crippen molar-refractivity contribution < 1.29 is 14.3 Å². The third kappa shape index (κ3) is 4.31. The van der Waals surface area contributed by atoms with Crippen LogP contribution < -0.4 is 14.8 Å². The molecular formula is C21H23N3O3S. The second kappa shape index (κ2) is 8.84. The number of carbonyl (C=O) groups excluding carboxylic acids is 1. The molecule has 0 saturated carbocycles. The lowest BCUT2D eigenvalue weighted by Gasteiger charge is -2.12. The lowest BCUT2D eigenvalue weighted by Crippen LogP contribution is -2.24.